The van der Waals surface area contributed by atoms with Gasteiger partial charge in [-0.1, -0.05) is 46.4 Å². The lowest BCUT2D eigenvalue weighted by molar-refractivity contribution is -0.384. The predicted molar refractivity (Wildman–Crippen MR) is 118 cm³/mol. The molecule has 0 saturated heterocycles. The molecule has 0 heterocycles. The van der Waals surface area contributed by atoms with Crippen molar-refractivity contribution in [2.75, 3.05) is 6.61 Å². The van der Waals surface area contributed by atoms with E-state index in [-0.39, 0.29) is 56.5 Å². The number of nitro benzene ring substituents is 2. The van der Waals surface area contributed by atoms with Crippen LogP contribution < -0.4 is 0 Å². The number of nitrogens with zero attached hydrogens (tertiary/aromatic N) is 2. The first-order chi connectivity index (χ1) is 14.9. The number of halogens is 4. The van der Waals surface area contributed by atoms with Crippen molar-refractivity contribution >= 4 is 69.7 Å². The van der Waals surface area contributed by atoms with Crippen molar-refractivity contribution in [2.24, 2.45) is 0 Å². The van der Waals surface area contributed by atoms with Gasteiger partial charge in [0, 0.05) is 12.1 Å². The van der Waals surface area contributed by atoms with Crippen LogP contribution in [0.15, 0.2) is 24.3 Å². The van der Waals surface area contributed by atoms with Crippen molar-refractivity contribution in [3.05, 3.63) is 75.7 Å². The van der Waals surface area contributed by atoms with E-state index < -0.39 is 21.8 Å². The van der Waals surface area contributed by atoms with Crippen LogP contribution in [0.3, 0.4) is 0 Å². The average molecular weight is 528 g/mol. The van der Waals surface area contributed by atoms with Gasteiger partial charge in [0.25, 0.3) is 11.4 Å². The maximum absolute atomic E-state index is 11.2. The highest BCUT2D eigenvalue weighted by molar-refractivity contribution is 6.36. The summed E-state index contributed by atoms with van der Waals surface area (Å²) in [4.78, 5) is 41.4. The van der Waals surface area contributed by atoms with Gasteiger partial charge in [0.1, 0.15) is 10.0 Å². The Morgan fingerprint density at radius 1 is 0.844 bits per heavy atom. The molecule has 1 N–H and O–H groups in total. The zero-order valence-corrected chi connectivity index (χ0v) is 19.2. The van der Waals surface area contributed by atoms with Gasteiger partial charge in [-0.15, -0.1) is 0 Å². The maximum atomic E-state index is 11.2. The summed E-state index contributed by atoms with van der Waals surface area (Å²) in [6.07, 6.45) is -0.388. The summed E-state index contributed by atoms with van der Waals surface area (Å²) in [7, 11) is 0. The van der Waals surface area contributed by atoms with E-state index in [4.69, 9.17) is 56.2 Å². The summed E-state index contributed by atoms with van der Waals surface area (Å²) < 4.78 is 4.74. The van der Waals surface area contributed by atoms with Crippen LogP contribution >= 0.6 is 46.4 Å². The van der Waals surface area contributed by atoms with Crippen LogP contribution in [0.25, 0.3) is 0 Å². The van der Waals surface area contributed by atoms with E-state index in [1.807, 2.05) is 0 Å². The number of carboxylic acid groups (broad SMARTS) is 1. The zero-order chi connectivity index (χ0) is 24.6. The number of hydrogen-bond donors (Lipinski definition) is 1. The third-order valence-electron chi connectivity index (χ3n) is 3.61. The Morgan fingerprint density at radius 2 is 1.25 bits per heavy atom. The number of carbonyl (C=O) groups excluding carboxylic acids is 1. The number of carbonyl (C=O) groups is 2. The molecule has 0 aliphatic heterocycles. The maximum Gasteiger partial charge on any atom is 0.310 e. The number of esters is 1. The van der Waals surface area contributed by atoms with Gasteiger partial charge >= 0.3 is 11.9 Å². The number of nitro groups is 2. The first kappa shape index (κ1) is 27.4. The number of aliphatic carboxylic acids is 1. The van der Waals surface area contributed by atoms with Crippen molar-refractivity contribution in [3.63, 3.8) is 0 Å². The minimum atomic E-state index is -1.08. The van der Waals surface area contributed by atoms with Gasteiger partial charge in [-0.3, -0.25) is 29.8 Å². The fourth-order valence-electron chi connectivity index (χ4n) is 2.24. The first-order valence-electron chi connectivity index (χ1n) is 8.49. The van der Waals surface area contributed by atoms with Crippen LogP contribution in [-0.2, 0) is 27.2 Å². The summed E-state index contributed by atoms with van der Waals surface area (Å²) >= 11 is 22.8. The highest BCUT2D eigenvalue weighted by Crippen LogP contribution is 2.32. The normalized spacial score (nSPS) is 10.0. The fraction of sp³-hybridized carbons (Fsp3) is 0.222. The van der Waals surface area contributed by atoms with E-state index in [0.717, 1.165) is 12.1 Å². The number of carboxylic acids is 1. The minimum Gasteiger partial charge on any atom is -0.481 e. The molecular formula is C18H14Cl4N2O8. The van der Waals surface area contributed by atoms with E-state index in [9.17, 15) is 29.8 Å². The summed E-state index contributed by atoms with van der Waals surface area (Å²) in [5.41, 5.74) is 0.0283. The summed E-state index contributed by atoms with van der Waals surface area (Å²) in [6, 6.07) is 4.66. The number of hydrogen-bond acceptors (Lipinski definition) is 7. The van der Waals surface area contributed by atoms with Gasteiger partial charge in [-0.05, 0) is 30.2 Å². The van der Waals surface area contributed by atoms with Gasteiger partial charge in [0.05, 0.1) is 39.3 Å². The molecule has 0 atom stereocenters. The highest BCUT2D eigenvalue weighted by Gasteiger charge is 2.18. The van der Waals surface area contributed by atoms with E-state index in [0.29, 0.717) is 5.56 Å². The van der Waals surface area contributed by atoms with Crippen molar-refractivity contribution in [3.8, 4) is 0 Å². The van der Waals surface area contributed by atoms with Crippen molar-refractivity contribution < 1.29 is 29.3 Å². The molecule has 2 aromatic carbocycles. The quantitative estimate of drug-likeness (QED) is 0.280. The number of ether oxygens (including phenoxy) is 1. The largest absolute Gasteiger partial charge is 0.481 e. The lowest BCUT2D eigenvalue weighted by Crippen LogP contribution is -2.08. The zero-order valence-electron chi connectivity index (χ0n) is 16.1. The SMILES string of the molecule is CCOC(=O)Cc1cc(Cl)c([N+](=O)[O-])cc1Cl.O=C(O)Cc1cc(Cl)c([N+](=O)[O-])cc1Cl. The van der Waals surface area contributed by atoms with Crippen LogP contribution in [0.1, 0.15) is 18.1 Å². The summed E-state index contributed by atoms with van der Waals surface area (Å²) in [5, 5.41) is 29.5. The molecule has 2 rings (SSSR count). The van der Waals surface area contributed by atoms with Gasteiger partial charge in [0.15, 0.2) is 0 Å². The van der Waals surface area contributed by atoms with Crippen LogP contribution in [-0.4, -0.2) is 33.5 Å². The average Bonchev–Trinajstić information content (AvgIpc) is 2.67. The molecular weight excluding hydrogens is 514 g/mol. The monoisotopic (exact) mass is 526 g/mol. The molecule has 0 saturated carbocycles. The topological polar surface area (TPSA) is 150 Å². The lowest BCUT2D eigenvalue weighted by atomic mass is 10.1. The van der Waals surface area contributed by atoms with E-state index >= 15 is 0 Å². The Kier molecular flexibility index (Phi) is 10.6. The Balaban J connectivity index is 0.000000323. The van der Waals surface area contributed by atoms with Gasteiger partial charge < -0.3 is 9.84 Å². The molecule has 0 bridgehead atoms. The van der Waals surface area contributed by atoms with Gasteiger partial charge in [-0.2, -0.15) is 0 Å². The molecule has 14 heteroatoms. The van der Waals surface area contributed by atoms with Crippen molar-refractivity contribution in [1.82, 2.24) is 0 Å². The molecule has 0 unspecified atom stereocenters. The summed E-state index contributed by atoms with van der Waals surface area (Å²) in [5.74, 6) is -1.54. The molecule has 0 spiro atoms. The van der Waals surface area contributed by atoms with Crippen molar-refractivity contribution in [1.29, 1.82) is 0 Å². The van der Waals surface area contributed by atoms with Crippen molar-refractivity contribution in [2.45, 2.75) is 19.8 Å². The number of rotatable bonds is 7. The first-order valence-corrected chi connectivity index (χ1v) is 10.0. The predicted octanol–water partition coefficient (Wildman–Crippen LogP) is 5.54. The molecule has 0 aromatic heterocycles. The van der Waals surface area contributed by atoms with Crippen LogP contribution in [0.4, 0.5) is 11.4 Å². The second-order valence-corrected chi connectivity index (χ2v) is 7.49. The second kappa shape index (κ2) is 12.4. The minimum absolute atomic E-state index is 0.0218. The smallest absolute Gasteiger partial charge is 0.310 e. The summed E-state index contributed by atoms with van der Waals surface area (Å²) in [6.45, 7) is 1.94. The molecule has 0 radical (unpaired) electrons. The molecule has 2 aromatic rings. The van der Waals surface area contributed by atoms with E-state index in [1.54, 1.807) is 6.92 Å². The second-order valence-electron chi connectivity index (χ2n) is 5.86. The van der Waals surface area contributed by atoms with Gasteiger partial charge in [0.2, 0.25) is 0 Å². The Morgan fingerprint density at radius 3 is 1.59 bits per heavy atom. The molecule has 0 fully saturated rings. The lowest BCUT2D eigenvalue weighted by Gasteiger charge is -2.05. The van der Waals surface area contributed by atoms with Crippen LogP contribution in [0, 0.1) is 20.2 Å². The number of benzene rings is 2. The van der Waals surface area contributed by atoms with E-state index in [1.165, 1.54) is 12.1 Å². The molecule has 0 amide bonds. The molecule has 0 aliphatic carbocycles. The third-order valence-corrected chi connectivity index (χ3v) is 4.92. The molecule has 0 aliphatic rings. The van der Waals surface area contributed by atoms with Crippen LogP contribution in [0.2, 0.25) is 20.1 Å². The van der Waals surface area contributed by atoms with Crippen LogP contribution in [0.5, 0.6) is 0 Å². The molecule has 32 heavy (non-hydrogen) atoms. The Hall–Kier alpha value is -2.66. The molecule has 172 valence electrons. The third kappa shape index (κ3) is 8.12. The fourth-order valence-corrected chi connectivity index (χ4v) is 3.20. The highest BCUT2D eigenvalue weighted by atomic mass is 35.5. The standard InChI is InChI=1S/C10H9Cl2NO4.C8H5Cl2NO4/c1-2-17-10(14)4-6-3-8(12)9(13(15)16)5-7(6)11;9-5-3-7(11(14)15)6(10)1-4(5)2-8(12)13/h3,5H,2,4H2,1H3;1,3H,2H2,(H,12,13). The van der Waals surface area contributed by atoms with E-state index in [2.05, 4.69) is 0 Å². The Labute approximate surface area is 200 Å². The van der Waals surface area contributed by atoms with Gasteiger partial charge in [-0.25, -0.2) is 0 Å². The Bertz CT molecular complexity index is 1060. The molecule has 10 nitrogen and oxygen atoms in total.